The Morgan fingerprint density at radius 3 is 2.88 bits per heavy atom. The van der Waals surface area contributed by atoms with Gasteiger partial charge in [-0.15, -0.1) is 11.3 Å². The summed E-state index contributed by atoms with van der Waals surface area (Å²) in [7, 11) is 0. The summed E-state index contributed by atoms with van der Waals surface area (Å²) in [6.07, 6.45) is 1.82. The van der Waals surface area contributed by atoms with E-state index >= 15 is 0 Å². The molecule has 1 aromatic rings. The molecule has 1 atom stereocenters. The van der Waals surface area contributed by atoms with E-state index in [4.69, 9.17) is 5.73 Å². The van der Waals surface area contributed by atoms with E-state index in [9.17, 15) is 4.79 Å². The molecule has 1 amide bonds. The van der Waals surface area contributed by atoms with Crippen LogP contribution in [0.5, 0.6) is 0 Å². The van der Waals surface area contributed by atoms with Crippen molar-refractivity contribution in [1.29, 1.82) is 0 Å². The van der Waals surface area contributed by atoms with E-state index in [2.05, 4.69) is 23.7 Å². The Hall–Kier alpha value is -0.870. The van der Waals surface area contributed by atoms with Crippen LogP contribution in [0.2, 0.25) is 0 Å². The first-order chi connectivity index (χ1) is 7.72. The van der Waals surface area contributed by atoms with Crippen LogP contribution in [-0.2, 0) is 17.8 Å². The smallest absolute Gasteiger partial charge is 0.224 e. The SMILES string of the molecule is CCc1ccsc1CNC(=O)C(CC)CN. The molecule has 3 nitrogen and oxygen atoms in total. The summed E-state index contributed by atoms with van der Waals surface area (Å²) in [6.45, 7) is 5.17. The standard InChI is InChI=1S/C12H20N2OS/c1-3-9-5-6-16-11(9)8-14-12(15)10(4-2)7-13/h5-6,10H,3-4,7-8,13H2,1-2H3,(H,14,15). The summed E-state index contributed by atoms with van der Waals surface area (Å²) in [6, 6.07) is 2.12. The number of hydrogen-bond acceptors (Lipinski definition) is 3. The maximum atomic E-state index is 11.7. The summed E-state index contributed by atoms with van der Waals surface area (Å²) in [5.41, 5.74) is 6.86. The fraction of sp³-hybridized carbons (Fsp3) is 0.583. The van der Waals surface area contributed by atoms with Gasteiger partial charge in [0.15, 0.2) is 0 Å². The molecule has 0 saturated carbocycles. The van der Waals surface area contributed by atoms with Crippen LogP contribution in [0.15, 0.2) is 11.4 Å². The molecule has 0 radical (unpaired) electrons. The predicted octanol–water partition coefficient (Wildman–Crippen LogP) is 1.91. The van der Waals surface area contributed by atoms with Gasteiger partial charge in [0.1, 0.15) is 0 Å². The Morgan fingerprint density at radius 2 is 2.31 bits per heavy atom. The van der Waals surface area contributed by atoms with Gasteiger partial charge >= 0.3 is 0 Å². The highest BCUT2D eigenvalue weighted by Crippen LogP contribution is 2.17. The molecule has 0 aromatic carbocycles. The van der Waals surface area contributed by atoms with Crippen LogP contribution in [0.3, 0.4) is 0 Å². The number of hydrogen-bond donors (Lipinski definition) is 2. The minimum Gasteiger partial charge on any atom is -0.351 e. The van der Waals surface area contributed by atoms with Crippen LogP contribution in [0.4, 0.5) is 0 Å². The van der Waals surface area contributed by atoms with Crippen LogP contribution in [0, 0.1) is 5.92 Å². The Morgan fingerprint density at radius 1 is 1.56 bits per heavy atom. The van der Waals surface area contributed by atoms with Crippen molar-refractivity contribution in [2.45, 2.75) is 33.2 Å². The molecule has 90 valence electrons. The first kappa shape index (κ1) is 13.2. The molecule has 0 saturated heterocycles. The maximum absolute atomic E-state index is 11.7. The fourth-order valence-corrected chi connectivity index (χ4v) is 2.52. The van der Waals surface area contributed by atoms with Crippen LogP contribution in [-0.4, -0.2) is 12.5 Å². The van der Waals surface area contributed by atoms with Crippen LogP contribution >= 0.6 is 11.3 Å². The number of amides is 1. The van der Waals surface area contributed by atoms with Gasteiger partial charge in [0.05, 0.1) is 6.54 Å². The van der Waals surface area contributed by atoms with E-state index in [1.165, 1.54) is 10.4 Å². The van der Waals surface area contributed by atoms with E-state index in [1.807, 2.05) is 6.92 Å². The second-order valence-electron chi connectivity index (χ2n) is 3.78. The molecule has 0 aliphatic heterocycles. The van der Waals surface area contributed by atoms with Crippen molar-refractivity contribution in [2.75, 3.05) is 6.54 Å². The zero-order chi connectivity index (χ0) is 12.0. The van der Waals surface area contributed by atoms with Crippen molar-refractivity contribution in [1.82, 2.24) is 5.32 Å². The molecule has 0 fully saturated rings. The van der Waals surface area contributed by atoms with Crippen molar-refractivity contribution in [2.24, 2.45) is 11.7 Å². The normalized spacial score (nSPS) is 12.4. The predicted molar refractivity (Wildman–Crippen MR) is 68.4 cm³/mol. The molecule has 3 N–H and O–H groups in total. The van der Waals surface area contributed by atoms with E-state index in [0.717, 1.165) is 12.8 Å². The fourth-order valence-electron chi connectivity index (χ4n) is 1.61. The van der Waals surface area contributed by atoms with Gasteiger partial charge in [0.25, 0.3) is 0 Å². The third kappa shape index (κ3) is 3.32. The van der Waals surface area contributed by atoms with Crippen LogP contribution in [0.25, 0.3) is 0 Å². The van der Waals surface area contributed by atoms with Gasteiger partial charge in [-0.1, -0.05) is 13.8 Å². The van der Waals surface area contributed by atoms with Gasteiger partial charge in [-0.3, -0.25) is 4.79 Å². The Bertz CT molecular complexity index is 332. The Labute approximate surface area is 101 Å². The molecule has 0 aliphatic rings. The highest BCUT2D eigenvalue weighted by Gasteiger charge is 2.14. The lowest BCUT2D eigenvalue weighted by atomic mass is 10.1. The second kappa shape index (κ2) is 6.66. The largest absolute Gasteiger partial charge is 0.351 e. The molecule has 0 bridgehead atoms. The molecule has 1 rings (SSSR count). The zero-order valence-corrected chi connectivity index (χ0v) is 10.8. The molecule has 0 spiro atoms. The summed E-state index contributed by atoms with van der Waals surface area (Å²) >= 11 is 1.70. The number of nitrogens with one attached hydrogen (secondary N) is 1. The summed E-state index contributed by atoms with van der Waals surface area (Å²) in [5, 5.41) is 5.02. The Kier molecular flexibility index (Phi) is 5.49. The Balaban J connectivity index is 2.48. The zero-order valence-electron chi connectivity index (χ0n) is 9.95. The number of carbonyl (C=O) groups excluding carboxylic acids is 1. The second-order valence-corrected chi connectivity index (χ2v) is 4.78. The van der Waals surface area contributed by atoms with Gasteiger partial charge in [-0.2, -0.15) is 0 Å². The molecule has 16 heavy (non-hydrogen) atoms. The number of carbonyl (C=O) groups is 1. The average Bonchev–Trinajstić information content (AvgIpc) is 2.75. The summed E-state index contributed by atoms with van der Waals surface area (Å²) in [4.78, 5) is 13.0. The van der Waals surface area contributed by atoms with Crippen molar-refractivity contribution in [3.05, 3.63) is 21.9 Å². The van der Waals surface area contributed by atoms with E-state index in [-0.39, 0.29) is 11.8 Å². The molecule has 1 heterocycles. The van der Waals surface area contributed by atoms with E-state index in [0.29, 0.717) is 13.1 Å². The van der Waals surface area contributed by atoms with Gasteiger partial charge in [-0.25, -0.2) is 0 Å². The van der Waals surface area contributed by atoms with E-state index in [1.54, 1.807) is 11.3 Å². The third-order valence-electron chi connectivity index (χ3n) is 2.79. The molecular weight excluding hydrogens is 220 g/mol. The van der Waals surface area contributed by atoms with Gasteiger partial charge in [0, 0.05) is 17.3 Å². The first-order valence-corrected chi connectivity index (χ1v) is 6.63. The lowest BCUT2D eigenvalue weighted by Crippen LogP contribution is -2.34. The van der Waals surface area contributed by atoms with Crippen LogP contribution in [0.1, 0.15) is 30.7 Å². The lowest BCUT2D eigenvalue weighted by molar-refractivity contribution is -0.124. The minimum absolute atomic E-state index is 0.0509. The molecule has 1 unspecified atom stereocenters. The van der Waals surface area contributed by atoms with Crippen molar-refractivity contribution in [3.8, 4) is 0 Å². The van der Waals surface area contributed by atoms with E-state index < -0.39 is 0 Å². The highest BCUT2D eigenvalue weighted by molar-refractivity contribution is 7.10. The third-order valence-corrected chi connectivity index (χ3v) is 3.75. The number of rotatable bonds is 6. The maximum Gasteiger partial charge on any atom is 0.224 e. The average molecular weight is 240 g/mol. The monoisotopic (exact) mass is 240 g/mol. The summed E-state index contributed by atoms with van der Waals surface area (Å²) < 4.78 is 0. The minimum atomic E-state index is -0.0509. The number of nitrogens with two attached hydrogens (primary N) is 1. The molecular formula is C12H20N2OS. The molecule has 4 heteroatoms. The number of thiophene rings is 1. The highest BCUT2D eigenvalue weighted by atomic mass is 32.1. The first-order valence-electron chi connectivity index (χ1n) is 5.75. The number of aryl methyl sites for hydroxylation is 1. The van der Waals surface area contributed by atoms with Crippen molar-refractivity contribution in [3.63, 3.8) is 0 Å². The van der Waals surface area contributed by atoms with Gasteiger partial charge in [-0.05, 0) is 29.9 Å². The van der Waals surface area contributed by atoms with Crippen molar-refractivity contribution < 1.29 is 4.79 Å². The summed E-state index contributed by atoms with van der Waals surface area (Å²) in [5.74, 6) is 0.0190. The van der Waals surface area contributed by atoms with Gasteiger partial charge in [0.2, 0.25) is 5.91 Å². The quantitative estimate of drug-likeness (QED) is 0.798. The van der Waals surface area contributed by atoms with Crippen LogP contribution < -0.4 is 11.1 Å². The lowest BCUT2D eigenvalue weighted by Gasteiger charge is -2.12. The molecule has 1 aromatic heterocycles. The molecule has 0 aliphatic carbocycles. The topological polar surface area (TPSA) is 55.1 Å². The van der Waals surface area contributed by atoms with Crippen molar-refractivity contribution >= 4 is 17.2 Å². The van der Waals surface area contributed by atoms with Gasteiger partial charge < -0.3 is 11.1 Å².